The van der Waals surface area contributed by atoms with E-state index in [1.165, 1.54) is 220 Å². The third-order valence-corrected chi connectivity index (χ3v) is 23.1. The Kier molecular flexibility index (Phi) is 11.5. The lowest BCUT2D eigenvalue weighted by Gasteiger charge is -2.26. The molecule has 98 heavy (non-hydrogen) atoms. The van der Waals surface area contributed by atoms with Gasteiger partial charge in [-0.05, 0) is 238 Å². The van der Waals surface area contributed by atoms with Gasteiger partial charge in [-0.1, -0.05) is 325 Å². The van der Waals surface area contributed by atoms with Crippen LogP contribution < -0.4 is 0 Å². The molecule has 0 aromatic heterocycles. The minimum Gasteiger partial charge on any atom is -0.0616 e. The van der Waals surface area contributed by atoms with Crippen molar-refractivity contribution in [2.24, 2.45) is 0 Å². The number of hydrogen-bond donors (Lipinski definition) is 0. The lowest BCUT2D eigenvalue weighted by Crippen LogP contribution is -2.16. The zero-order valence-corrected chi connectivity index (χ0v) is 55.0. The fourth-order valence-electron chi connectivity index (χ4n) is 19.3. The Morgan fingerprint density at radius 2 is 0.418 bits per heavy atom. The standard InChI is InChI=1S/2C49H32/c1-49(2)47-41-22-11-9-20-35(41)43(28-44(47)46-39-21-10-7-17-32(39)33-18-8-12-23-42(33)48(46)49)34-19-6-3-14-29(34)36-26-27-40-31-16-5-4-15-30(31)37-24-13-25-38(36)45(37)40;1-49(2)47-41-21-9-7-19-36(41)43(28-44(47)46-39-20-8-5-17-34(39)35-18-6-10-22-42(35)48(46)49)30-14-11-13-29(27-30)31-25-26-40-33-16-4-3-15-32(33)38-24-12-23-37(31)45(38)40/h2*3-28H,1-2H3. The number of benzene rings is 18. The van der Waals surface area contributed by atoms with Crippen molar-refractivity contribution < 1.29 is 0 Å². The first-order valence-corrected chi connectivity index (χ1v) is 34.7. The molecule has 18 aromatic rings. The summed E-state index contributed by atoms with van der Waals surface area (Å²) < 4.78 is 0. The van der Waals surface area contributed by atoms with Gasteiger partial charge < -0.3 is 0 Å². The topological polar surface area (TPSA) is 0 Å². The average molecular weight is 1240 g/mol. The van der Waals surface area contributed by atoms with Crippen LogP contribution >= 0.6 is 0 Å². The highest BCUT2D eigenvalue weighted by atomic mass is 14.4. The number of hydrogen-bond acceptors (Lipinski definition) is 0. The predicted octanol–water partition coefficient (Wildman–Crippen LogP) is 27.2. The molecule has 0 heteroatoms. The largest absolute Gasteiger partial charge is 0.0616 e. The summed E-state index contributed by atoms with van der Waals surface area (Å²) in [4.78, 5) is 0. The Bertz CT molecular complexity index is 6540. The minimum atomic E-state index is -0.168. The fourth-order valence-corrected chi connectivity index (χ4v) is 19.3. The van der Waals surface area contributed by atoms with E-state index in [0.717, 1.165) is 0 Å². The quantitative estimate of drug-likeness (QED) is 0.154. The van der Waals surface area contributed by atoms with E-state index >= 15 is 0 Å². The maximum atomic E-state index is 2.53. The van der Waals surface area contributed by atoms with Crippen molar-refractivity contribution in [3.63, 3.8) is 0 Å². The second kappa shape index (κ2) is 20.3. The monoisotopic (exact) mass is 1240 g/mol. The summed E-state index contributed by atoms with van der Waals surface area (Å²) in [5.74, 6) is 0. The molecule has 0 amide bonds. The van der Waals surface area contributed by atoms with Crippen molar-refractivity contribution in [2.75, 3.05) is 0 Å². The van der Waals surface area contributed by atoms with Gasteiger partial charge in [-0.2, -0.15) is 0 Å². The average Bonchev–Trinajstić information content (AvgIpc) is 1.53. The predicted molar refractivity (Wildman–Crippen MR) is 419 cm³/mol. The van der Waals surface area contributed by atoms with E-state index < -0.39 is 0 Å². The third-order valence-electron chi connectivity index (χ3n) is 23.1. The van der Waals surface area contributed by atoms with E-state index in [2.05, 4.69) is 343 Å². The first-order valence-electron chi connectivity index (χ1n) is 34.7. The van der Waals surface area contributed by atoms with Crippen LogP contribution in [-0.2, 0) is 10.8 Å². The normalized spacial score (nSPS) is 13.7. The maximum Gasteiger partial charge on any atom is 0.0171 e. The number of rotatable bonds is 4. The molecule has 0 saturated heterocycles. The molecule has 22 rings (SSSR count). The summed E-state index contributed by atoms with van der Waals surface area (Å²) in [5, 5.41) is 21.4. The lowest BCUT2D eigenvalue weighted by molar-refractivity contribution is 0.672. The van der Waals surface area contributed by atoms with Gasteiger partial charge in [0.15, 0.2) is 0 Å². The molecular weight excluding hydrogens is 1180 g/mol. The Morgan fingerprint density at radius 1 is 0.153 bits per heavy atom. The van der Waals surface area contributed by atoms with Gasteiger partial charge in [-0.25, -0.2) is 0 Å². The Morgan fingerprint density at radius 3 is 0.867 bits per heavy atom. The molecule has 0 spiro atoms. The van der Waals surface area contributed by atoms with Crippen LogP contribution in [0.3, 0.4) is 0 Å². The van der Waals surface area contributed by atoms with Crippen LogP contribution in [0.25, 0.3) is 197 Å². The van der Waals surface area contributed by atoms with E-state index in [0.29, 0.717) is 0 Å². The molecule has 0 unspecified atom stereocenters. The van der Waals surface area contributed by atoms with Gasteiger partial charge in [0.25, 0.3) is 0 Å². The molecule has 0 N–H and O–H groups in total. The molecule has 18 aromatic carbocycles. The lowest BCUT2D eigenvalue weighted by atomic mass is 9.77. The fraction of sp³-hybridized carbons (Fsp3) is 0.0612. The summed E-state index contributed by atoms with van der Waals surface area (Å²) in [7, 11) is 0. The van der Waals surface area contributed by atoms with Crippen LogP contribution in [0.2, 0.25) is 0 Å². The van der Waals surface area contributed by atoms with Crippen molar-refractivity contribution in [3.8, 4) is 111 Å². The molecule has 0 radical (unpaired) electrons. The van der Waals surface area contributed by atoms with Gasteiger partial charge in [-0.3, -0.25) is 0 Å². The van der Waals surface area contributed by atoms with Crippen molar-refractivity contribution in [2.45, 2.75) is 38.5 Å². The van der Waals surface area contributed by atoms with Gasteiger partial charge >= 0.3 is 0 Å². The minimum absolute atomic E-state index is 0.156. The van der Waals surface area contributed by atoms with Gasteiger partial charge in [0.2, 0.25) is 0 Å². The molecule has 456 valence electrons. The molecular formula is C98H64. The summed E-state index contributed by atoms with van der Waals surface area (Å²) in [6.45, 7) is 9.73. The first kappa shape index (κ1) is 55.3. The summed E-state index contributed by atoms with van der Waals surface area (Å²) in [5.41, 5.74) is 31.8. The molecule has 4 aliphatic rings. The van der Waals surface area contributed by atoms with Gasteiger partial charge in [0, 0.05) is 10.8 Å². The molecule has 4 aliphatic carbocycles. The van der Waals surface area contributed by atoms with Crippen molar-refractivity contribution in [1.82, 2.24) is 0 Å². The third kappa shape index (κ3) is 7.44. The maximum absolute atomic E-state index is 2.53. The van der Waals surface area contributed by atoms with Crippen LogP contribution in [0.5, 0.6) is 0 Å². The van der Waals surface area contributed by atoms with Crippen LogP contribution in [0.4, 0.5) is 0 Å². The van der Waals surface area contributed by atoms with E-state index in [4.69, 9.17) is 0 Å². The second-order valence-electron chi connectivity index (χ2n) is 28.7. The highest BCUT2D eigenvalue weighted by molar-refractivity contribution is 6.25. The van der Waals surface area contributed by atoms with Crippen molar-refractivity contribution in [1.29, 1.82) is 0 Å². The first-order chi connectivity index (χ1) is 48.2. The summed E-state index contributed by atoms with van der Waals surface area (Å²) in [6.07, 6.45) is 0. The van der Waals surface area contributed by atoms with Gasteiger partial charge in [-0.15, -0.1) is 0 Å². The molecule has 0 aliphatic heterocycles. The van der Waals surface area contributed by atoms with E-state index in [-0.39, 0.29) is 10.8 Å². The van der Waals surface area contributed by atoms with Crippen LogP contribution in [-0.4, -0.2) is 0 Å². The Labute approximate surface area is 570 Å². The Hall–Kier alpha value is -12.0. The molecule has 0 heterocycles. The van der Waals surface area contributed by atoms with Crippen molar-refractivity contribution >= 4 is 86.2 Å². The zero-order valence-electron chi connectivity index (χ0n) is 55.0. The molecule has 0 fully saturated rings. The van der Waals surface area contributed by atoms with E-state index in [1.54, 1.807) is 0 Å². The van der Waals surface area contributed by atoms with Crippen molar-refractivity contribution in [3.05, 3.63) is 338 Å². The second-order valence-corrected chi connectivity index (χ2v) is 28.7. The van der Waals surface area contributed by atoms with E-state index in [1.807, 2.05) is 0 Å². The highest BCUT2D eigenvalue weighted by Crippen LogP contribution is 2.61. The zero-order chi connectivity index (χ0) is 64.9. The SMILES string of the molecule is CC1(C)c2c(cc(-c3cccc(-c4ccc5c6c(cccc46)-c4ccccc4-5)c3)c3ccccc23)-c2c1c1ccccc1c1ccccc21.CC1(C)c2c(cc(-c3ccccc3-c3ccc4c5c(cccc35)-c3ccccc3-4)c3ccccc23)-c2c1c1ccccc1c1ccccc21. The van der Waals surface area contributed by atoms with E-state index in [9.17, 15) is 0 Å². The highest BCUT2D eigenvalue weighted by Gasteiger charge is 2.42. The molecule has 0 nitrogen and oxygen atoms in total. The summed E-state index contributed by atoms with van der Waals surface area (Å²) >= 11 is 0. The Balaban J connectivity index is 0.000000129. The molecule has 0 saturated carbocycles. The van der Waals surface area contributed by atoms with Crippen LogP contribution in [0.1, 0.15) is 49.9 Å². The number of fused-ring (bicyclic) bond motifs is 26. The molecule has 0 atom stereocenters. The molecule has 0 bridgehead atoms. The van der Waals surface area contributed by atoms with Gasteiger partial charge in [0.1, 0.15) is 0 Å². The van der Waals surface area contributed by atoms with Crippen LogP contribution in [0, 0.1) is 0 Å². The van der Waals surface area contributed by atoms with Gasteiger partial charge in [0.05, 0.1) is 0 Å². The summed E-state index contributed by atoms with van der Waals surface area (Å²) in [6, 6.07) is 118. The smallest absolute Gasteiger partial charge is 0.0171 e. The van der Waals surface area contributed by atoms with Crippen LogP contribution in [0.15, 0.2) is 315 Å².